The fourth-order valence-electron chi connectivity index (χ4n) is 7.21. The number of Topliss-reactive ketones (excluding diaryl/α,β-unsaturated/α-hetero) is 1. The standard InChI is InChI=1S/C20H23F2N3O4.C18H18F2N4O3.H4N2.H2O/c1-11(26)23-8-13-10-25(20(28)29-13)16-7-15(21)17-14(18(16)22)6-4-5-12(19(17)27)9-24(2)3;1-9(25)21-7-11-8-24(18(26)27-11)14-5-13(19)15-12(16(14)20)4-2-3-10-6-22-23-17(10)15;1-2;/h7,9,13H,4-6,8,10H2,1-3H3,(H,23,26);5-6,11H,2-4,7-8H2,1H3,(H,21,25)(H,22,23);1-2H2;1H2/b12-9+;;;/t13-;11-;;/m00../s1. The summed E-state index contributed by atoms with van der Waals surface area (Å²) in [5.74, 6) is 3.99. The van der Waals surface area contributed by atoms with E-state index in [1.165, 1.54) is 13.8 Å². The molecular weight excluding hydrogens is 786 g/mol. The summed E-state index contributed by atoms with van der Waals surface area (Å²) >= 11 is 0. The first-order valence-electron chi connectivity index (χ1n) is 18.4. The highest BCUT2D eigenvalue weighted by Gasteiger charge is 2.38. The lowest BCUT2D eigenvalue weighted by atomic mass is 9.97. The molecule has 1 aromatic heterocycles. The molecule has 0 unspecified atom stereocenters. The average molecular weight is 834 g/mol. The first-order chi connectivity index (χ1) is 27.6. The maximum absolute atomic E-state index is 15.3. The summed E-state index contributed by atoms with van der Waals surface area (Å²) in [6.45, 7) is 2.86. The molecule has 2 fully saturated rings. The van der Waals surface area contributed by atoms with Crippen molar-refractivity contribution in [2.24, 2.45) is 11.7 Å². The Morgan fingerprint density at radius 1 is 0.831 bits per heavy atom. The van der Waals surface area contributed by atoms with Crippen molar-refractivity contribution in [1.29, 1.82) is 0 Å². The lowest BCUT2D eigenvalue weighted by Gasteiger charge is -2.18. The van der Waals surface area contributed by atoms with Crippen LogP contribution in [0.4, 0.5) is 38.5 Å². The molecule has 2 atom stereocenters. The Balaban J connectivity index is 0.000000247. The second-order valence-electron chi connectivity index (χ2n) is 14.1. The fourth-order valence-corrected chi connectivity index (χ4v) is 7.21. The molecule has 0 bridgehead atoms. The highest BCUT2D eigenvalue weighted by Crippen LogP contribution is 2.39. The van der Waals surface area contributed by atoms with Crippen molar-refractivity contribution < 1.29 is 56.5 Å². The van der Waals surface area contributed by atoms with Crippen LogP contribution in [-0.4, -0.2) is 103 Å². The van der Waals surface area contributed by atoms with E-state index in [4.69, 9.17) is 9.47 Å². The third kappa shape index (κ3) is 9.98. The zero-order chi connectivity index (χ0) is 42.4. The van der Waals surface area contributed by atoms with E-state index in [0.29, 0.717) is 43.4 Å². The largest absolute Gasteiger partial charge is 0.442 e. The second kappa shape index (κ2) is 19.6. The van der Waals surface area contributed by atoms with E-state index in [-0.39, 0.29) is 83.5 Å². The predicted molar refractivity (Wildman–Crippen MR) is 206 cm³/mol. The number of fused-ring (bicyclic) bond motifs is 4. The molecule has 2 aromatic carbocycles. The molecule has 0 saturated carbocycles. The number of cyclic esters (lactones) is 2. The number of carbonyl (C=O) groups excluding carboxylic acids is 5. The molecule has 21 heteroatoms. The molecule has 17 nitrogen and oxygen atoms in total. The van der Waals surface area contributed by atoms with E-state index in [2.05, 4.69) is 32.5 Å². The molecule has 0 radical (unpaired) electrons. The molecule has 2 saturated heterocycles. The Labute approximate surface area is 336 Å². The SMILES string of the molecule is CC(=O)NC[C@H]1CN(c2cc(F)c3c(c2F)CCC/C(=C\N(C)C)C3=O)C(=O)O1.CC(=O)NC[C@H]1CN(c2cc(F)c3c(c2F)CCCc2cn[nH]c2-3)C(=O)O1.NN.O. The smallest absolute Gasteiger partial charge is 0.414 e. The molecule has 2 aliphatic carbocycles. The summed E-state index contributed by atoms with van der Waals surface area (Å²) in [7, 11) is 3.50. The van der Waals surface area contributed by atoms with E-state index in [1.807, 2.05) is 0 Å². The van der Waals surface area contributed by atoms with Gasteiger partial charge in [0.2, 0.25) is 11.8 Å². The van der Waals surface area contributed by atoms with Crippen molar-refractivity contribution in [2.45, 2.75) is 64.6 Å². The van der Waals surface area contributed by atoms with Gasteiger partial charge in [-0.15, -0.1) is 0 Å². The number of anilines is 2. The molecule has 320 valence electrons. The maximum atomic E-state index is 15.3. The Morgan fingerprint density at radius 2 is 1.31 bits per heavy atom. The van der Waals surface area contributed by atoms with Crippen LogP contribution in [0.2, 0.25) is 0 Å². The third-order valence-corrected chi connectivity index (χ3v) is 9.72. The molecule has 59 heavy (non-hydrogen) atoms. The lowest BCUT2D eigenvalue weighted by molar-refractivity contribution is -0.120. The number of hydrogen-bond donors (Lipinski definition) is 5. The van der Waals surface area contributed by atoms with Crippen molar-refractivity contribution in [3.05, 3.63) is 75.6 Å². The predicted octanol–water partition coefficient (Wildman–Crippen LogP) is 2.69. The molecule has 3 heterocycles. The normalized spacial score (nSPS) is 18.6. The van der Waals surface area contributed by atoms with Crippen LogP contribution < -0.4 is 32.1 Å². The minimum atomic E-state index is -0.869. The zero-order valence-electron chi connectivity index (χ0n) is 32.8. The minimum absolute atomic E-state index is 0. The van der Waals surface area contributed by atoms with Crippen LogP contribution in [-0.2, 0) is 38.3 Å². The van der Waals surface area contributed by atoms with Crippen LogP contribution in [0.15, 0.2) is 30.1 Å². The fraction of sp³-hybridized carbons (Fsp3) is 0.421. The van der Waals surface area contributed by atoms with E-state index in [1.54, 1.807) is 31.4 Å². The molecule has 7 rings (SSSR count). The number of hydrogen-bond acceptors (Lipinski definition) is 11. The van der Waals surface area contributed by atoms with E-state index in [0.717, 1.165) is 27.5 Å². The molecule has 4 amide bonds. The summed E-state index contributed by atoms with van der Waals surface area (Å²) in [4.78, 5) is 63.0. The van der Waals surface area contributed by atoms with Crippen molar-refractivity contribution >= 4 is 41.2 Å². The van der Waals surface area contributed by atoms with Gasteiger partial charge >= 0.3 is 12.2 Å². The summed E-state index contributed by atoms with van der Waals surface area (Å²) < 4.78 is 70.7. The van der Waals surface area contributed by atoms with Crippen molar-refractivity contribution in [2.75, 3.05) is 50.1 Å². The number of aryl methyl sites for hydroxylation is 1. The van der Waals surface area contributed by atoms with Gasteiger partial charge in [-0.25, -0.2) is 27.2 Å². The number of benzene rings is 2. The first-order valence-corrected chi connectivity index (χ1v) is 18.4. The Kier molecular flexibility index (Phi) is 15.2. The van der Waals surface area contributed by atoms with Crippen molar-refractivity contribution in [3.63, 3.8) is 0 Å². The monoisotopic (exact) mass is 833 g/mol. The molecule has 0 spiro atoms. The van der Waals surface area contributed by atoms with Gasteiger partial charge in [0.05, 0.1) is 55.0 Å². The average Bonchev–Trinajstić information content (AvgIpc) is 3.83. The topological polar surface area (TPSA) is 250 Å². The van der Waals surface area contributed by atoms with Crippen LogP contribution in [0.25, 0.3) is 11.3 Å². The highest BCUT2D eigenvalue weighted by atomic mass is 19.1. The number of halogens is 4. The van der Waals surface area contributed by atoms with Gasteiger partial charge < -0.3 is 30.5 Å². The Hall–Kier alpha value is -6.06. The number of nitrogens with one attached hydrogen (secondary N) is 3. The van der Waals surface area contributed by atoms with Gasteiger partial charge in [0.1, 0.15) is 23.8 Å². The number of aromatic amines is 1. The third-order valence-electron chi connectivity index (χ3n) is 9.72. The number of H-pyrrole nitrogens is 1. The van der Waals surface area contributed by atoms with Crippen LogP contribution in [0.5, 0.6) is 0 Å². The summed E-state index contributed by atoms with van der Waals surface area (Å²) in [6, 6.07) is 1.89. The van der Waals surface area contributed by atoms with Crippen LogP contribution >= 0.6 is 0 Å². The van der Waals surface area contributed by atoms with Crippen LogP contribution in [0.1, 0.15) is 60.2 Å². The molecule has 3 aromatic rings. The summed E-state index contributed by atoms with van der Waals surface area (Å²) in [5.41, 5.74) is 1.43. The van der Waals surface area contributed by atoms with E-state index >= 15 is 8.78 Å². The number of hydrazine groups is 1. The molecule has 4 aliphatic rings. The van der Waals surface area contributed by atoms with Gasteiger partial charge in [-0.1, -0.05) is 0 Å². The molecule has 9 N–H and O–H groups in total. The molecule has 2 aliphatic heterocycles. The van der Waals surface area contributed by atoms with E-state index in [9.17, 15) is 32.8 Å². The van der Waals surface area contributed by atoms with Gasteiger partial charge in [0, 0.05) is 68.5 Å². The van der Waals surface area contributed by atoms with Gasteiger partial charge in [-0.3, -0.25) is 41.0 Å². The Morgan fingerprint density at radius 3 is 1.80 bits per heavy atom. The lowest BCUT2D eigenvalue weighted by Crippen LogP contribution is -2.33. The number of ether oxygens (including phenoxy) is 2. The van der Waals surface area contributed by atoms with Gasteiger partial charge in [-0.05, 0) is 44.1 Å². The quantitative estimate of drug-likeness (QED) is 0.0761. The number of ketones is 1. The van der Waals surface area contributed by atoms with E-state index < -0.39 is 53.4 Å². The first kappa shape index (κ1) is 45.6. The number of carbonyl (C=O) groups is 5. The van der Waals surface area contributed by atoms with Crippen LogP contribution in [0.3, 0.4) is 0 Å². The number of nitrogens with two attached hydrogens (primary N) is 2. The Bertz CT molecular complexity index is 2130. The summed E-state index contributed by atoms with van der Waals surface area (Å²) in [5, 5.41) is 11.8. The number of aromatic nitrogens is 2. The highest BCUT2D eigenvalue weighted by molar-refractivity contribution is 6.10. The second-order valence-corrected chi connectivity index (χ2v) is 14.1. The number of nitrogens with zero attached hydrogens (tertiary/aromatic N) is 4. The van der Waals surface area contributed by atoms with Gasteiger partial charge in [0.25, 0.3) is 0 Å². The molecular formula is C38H47F4N9O8. The van der Waals surface area contributed by atoms with Gasteiger partial charge in [0.15, 0.2) is 17.4 Å². The number of amides is 4. The number of rotatable bonds is 7. The van der Waals surface area contributed by atoms with Crippen molar-refractivity contribution in [3.8, 4) is 11.3 Å². The van der Waals surface area contributed by atoms with Crippen LogP contribution in [0, 0.1) is 23.3 Å². The van der Waals surface area contributed by atoms with Crippen molar-refractivity contribution in [1.82, 2.24) is 25.7 Å². The number of allylic oxidation sites excluding steroid dienone is 1. The minimum Gasteiger partial charge on any atom is -0.442 e. The summed E-state index contributed by atoms with van der Waals surface area (Å²) in [6.07, 6.45) is 3.09. The zero-order valence-corrected chi connectivity index (χ0v) is 32.8. The maximum Gasteiger partial charge on any atom is 0.414 e. The van der Waals surface area contributed by atoms with Gasteiger partial charge in [-0.2, -0.15) is 5.10 Å².